The number of aromatic hydroxyl groups is 1. The van der Waals surface area contributed by atoms with Gasteiger partial charge in [0.1, 0.15) is 11.8 Å². The quantitative estimate of drug-likeness (QED) is 0.837. The van der Waals surface area contributed by atoms with Crippen LogP contribution in [0.2, 0.25) is 10.0 Å². The van der Waals surface area contributed by atoms with E-state index in [1.54, 1.807) is 30.3 Å². The van der Waals surface area contributed by atoms with E-state index in [2.05, 4.69) is 0 Å². The summed E-state index contributed by atoms with van der Waals surface area (Å²) in [6.45, 7) is 0. The molecule has 0 aliphatic rings. The Morgan fingerprint density at radius 3 is 2.53 bits per heavy atom. The fourth-order valence-corrected chi connectivity index (χ4v) is 1.91. The predicted octanol–water partition coefficient (Wildman–Crippen LogP) is 4.24. The number of halogens is 2. The van der Waals surface area contributed by atoms with Crippen molar-refractivity contribution in [1.82, 2.24) is 0 Å². The zero-order valence-electron chi connectivity index (χ0n) is 8.61. The molecule has 2 nitrogen and oxygen atoms in total. The first kappa shape index (κ1) is 11.8. The van der Waals surface area contributed by atoms with Crippen LogP contribution in [0.4, 0.5) is 0 Å². The lowest BCUT2D eigenvalue weighted by Gasteiger charge is -2.06. The summed E-state index contributed by atoms with van der Waals surface area (Å²) in [5, 5.41) is 19.4. The van der Waals surface area contributed by atoms with E-state index in [0.29, 0.717) is 10.0 Å². The van der Waals surface area contributed by atoms with Crippen LogP contribution in [0.3, 0.4) is 0 Å². The van der Waals surface area contributed by atoms with Crippen molar-refractivity contribution < 1.29 is 5.11 Å². The van der Waals surface area contributed by atoms with Gasteiger partial charge in [-0.3, -0.25) is 0 Å². The van der Waals surface area contributed by atoms with Gasteiger partial charge >= 0.3 is 0 Å². The zero-order chi connectivity index (χ0) is 12.4. The van der Waals surface area contributed by atoms with Crippen LogP contribution in [0.25, 0.3) is 11.1 Å². The van der Waals surface area contributed by atoms with Crippen LogP contribution in [0.5, 0.6) is 5.75 Å². The van der Waals surface area contributed by atoms with Crippen molar-refractivity contribution in [3.05, 3.63) is 52.0 Å². The van der Waals surface area contributed by atoms with Crippen molar-refractivity contribution in [1.29, 1.82) is 5.26 Å². The zero-order valence-corrected chi connectivity index (χ0v) is 10.1. The molecule has 0 spiro atoms. The average Bonchev–Trinajstić information content (AvgIpc) is 2.33. The summed E-state index contributed by atoms with van der Waals surface area (Å²) in [6, 6.07) is 11.7. The van der Waals surface area contributed by atoms with E-state index in [9.17, 15) is 5.11 Å². The first-order valence-electron chi connectivity index (χ1n) is 4.80. The number of rotatable bonds is 1. The molecule has 0 atom stereocenters. The molecular weight excluding hydrogens is 257 g/mol. The maximum Gasteiger partial charge on any atom is 0.133 e. The van der Waals surface area contributed by atoms with Gasteiger partial charge in [-0.2, -0.15) is 5.26 Å². The molecular formula is C13H7Cl2NO. The highest BCUT2D eigenvalue weighted by Crippen LogP contribution is 2.32. The van der Waals surface area contributed by atoms with E-state index in [1.165, 1.54) is 6.07 Å². The van der Waals surface area contributed by atoms with Crippen LogP contribution in [0.15, 0.2) is 36.4 Å². The highest BCUT2D eigenvalue weighted by Gasteiger charge is 2.07. The van der Waals surface area contributed by atoms with E-state index in [0.717, 1.165) is 11.1 Å². The van der Waals surface area contributed by atoms with Crippen molar-refractivity contribution in [2.24, 2.45) is 0 Å². The van der Waals surface area contributed by atoms with Gasteiger partial charge in [0, 0.05) is 15.6 Å². The average molecular weight is 264 g/mol. The summed E-state index contributed by atoms with van der Waals surface area (Å²) < 4.78 is 0. The Labute approximate surface area is 109 Å². The maximum absolute atomic E-state index is 9.42. The van der Waals surface area contributed by atoms with Gasteiger partial charge in [0.15, 0.2) is 0 Å². The first-order valence-corrected chi connectivity index (χ1v) is 5.56. The minimum atomic E-state index is -0.0469. The predicted molar refractivity (Wildman–Crippen MR) is 68.3 cm³/mol. The van der Waals surface area contributed by atoms with Gasteiger partial charge in [-0.25, -0.2) is 0 Å². The van der Waals surface area contributed by atoms with Gasteiger partial charge in [-0.15, -0.1) is 0 Å². The normalized spacial score (nSPS) is 9.94. The lowest BCUT2D eigenvalue weighted by Crippen LogP contribution is -1.83. The molecule has 1 N–H and O–H groups in total. The van der Waals surface area contributed by atoms with Crippen molar-refractivity contribution in [3.63, 3.8) is 0 Å². The maximum atomic E-state index is 9.42. The number of nitrogens with zero attached hydrogens (tertiary/aromatic N) is 1. The Hall–Kier alpha value is -1.69. The Balaban J connectivity index is 2.61. The second kappa shape index (κ2) is 4.67. The third-order valence-electron chi connectivity index (χ3n) is 2.36. The molecule has 0 unspecified atom stereocenters. The smallest absolute Gasteiger partial charge is 0.133 e. The number of phenols is 1. The van der Waals surface area contributed by atoms with Gasteiger partial charge < -0.3 is 5.11 Å². The fraction of sp³-hybridized carbons (Fsp3) is 0. The van der Waals surface area contributed by atoms with Gasteiger partial charge in [-0.1, -0.05) is 29.3 Å². The molecule has 0 radical (unpaired) electrons. The van der Waals surface area contributed by atoms with E-state index in [1.807, 2.05) is 6.07 Å². The standard InChI is InChI=1S/C13H7Cl2NO/c14-10-2-3-12(15)11(6-10)8-1-4-13(17)9(5-8)7-16/h1-6,17H. The number of phenolic OH excluding ortho intramolecular Hbond substituents is 1. The largest absolute Gasteiger partial charge is 0.507 e. The number of hydrogen-bond donors (Lipinski definition) is 1. The van der Waals surface area contributed by atoms with Crippen LogP contribution in [-0.4, -0.2) is 5.11 Å². The minimum Gasteiger partial charge on any atom is -0.507 e. The van der Waals surface area contributed by atoms with E-state index >= 15 is 0 Å². The van der Waals surface area contributed by atoms with E-state index in [4.69, 9.17) is 28.5 Å². The summed E-state index contributed by atoms with van der Waals surface area (Å²) in [7, 11) is 0. The molecule has 84 valence electrons. The first-order chi connectivity index (χ1) is 8.11. The lowest BCUT2D eigenvalue weighted by atomic mass is 10.0. The summed E-state index contributed by atoms with van der Waals surface area (Å²) in [6.07, 6.45) is 0. The molecule has 2 aromatic rings. The second-order valence-corrected chi connectivity index (χ2v) is 4.31. The molecule has 2 aromatic carbocycles. The van der Waals surface area contributed by atoms with E-state index < -0.39 is 0 Å². The van der Waals surface area contributed by atoms with Crippen LogP contribution in [-0.2, 0) is 0 Å². The monoisotopic (exact) mass is 263 g/mol. The van der Waals surface area contributed by atoms with Gasteiger partial charge in [0.05, 0.1) is 5.56 Å². The molecule has 0 amide bonds. The molecule has 17 heavy (non-hydrogen) atoms. The fourth-order valence-electron chi connectivity index (χ4n) is 1.51. The van der Waals surface area contributed by atoms with Crippen molar-refractivity contribution >= 4 is 23.2 Å². The number of hydrogen-bond acceptors (Lipinski definition) is 2. The molecule has 0 aliphatic carbocycles. The van der Waals surface area contributed by atoms with Gasteiger partial charge in [-0.05, 0) is 35.9 Å². The Kier molecular flexibility index (Phi) is 3.23. The molecule has 0 heterocycles. The van der Waals surface area contributed by atoms with Gasteiger partial charge in [0.25, 0.3) is 0 Å². The molecule has 0 bridgehead atoms. The number of nitriles is 1. The topological polar surface area (TPSA) is 44.0 Å². The second-order valence-electron chi connectivity index (χ2n) is 3.47. The molecule has 0 saturated heterocycles. The van der Waals surface area contributed by atoms with Gasteiger partial charge in [0.2, 0.25) is 0 Å². The van der Waals surface area contributed by atoms with E-state index in [-0.39, 0.29) is 11.3 Å². The highest BCUT2D eigenvalue weighted by atomic mass is 35.5. The Morgan fingerprint density at radius 2 is 1.82 bits per heavy atom. The SMILES string of the molecule is N#Cc1cc(-c2cc(Cl)ccc2Cl)ccc1O. The third kappa shape index (κ3) is 2.36. The summed E-state index contributed by atoms with van der Waals surface area (Å²) in [5.74, 6) is -0.0469. The lowest BCUT2D eigenvalue weighted by molar-refractivity contribution is 0.473. The Bertz CT molecular complexity index is 617. The summed E-state index contributed by atoms with van der Waals surface area (Å²) in [4.78, 5) is 0. The highest BCUT2D eigenvalue weighted by molar-refractivity contribution is 6.35. The van der Waals surface area contributed by atoms with Crippen LogP contribution in [0, 0.1) is 11.3 Å². The molecule has 0 aromatic heterocycles. The molecule has 0 fully saturated rings. The van der Waals surface area contributed by atoms with Crippen LogP contribution >= 0.6 is 23.2 Å². The Morgan fingerprint density at radius 1 is 1.06 bits per heavy atom. The van der Waals surface area contributed by atoms with Crippen molar-refractivity contribution in [2.75, 3.05) is 0 Å². The number of benzene rings is 2. The van der Waals surface area contributed by atoms with Crippen molar-refractivity contribution in [2.45, 2.75) is 0 Å². The minimum absolute atomic E-state index is 0.0469. The molecule has 2 rings (SSSR count). The van der Waals surface area contributed by atoms with Crippen LogP contribution in [0.1, 0.15) is 5.56 Å². The molecule has 0 saturated carbocycles. The van der Waals surface area contributed by atoms with Crippen molar-refractivity contribution in [3.8, 4) is 22.9 Å². The molecule has 4 heteroatoms. The molecule has 0 aliphatic heterocycles. The summed E-state index contributed by atoms with van der Waals surface area (Å²) in [5.41, 5.74) is 1.68. The third-order valence-corrected chi connectivity index (χ3v) is 2.92. The van der Waals surface area contributed by atoms with Crippen LogP contribution < -0.4 is 0 Å². The summed E-state index contributed by atoms with van der Waals surface area (Å²) >= 11 is 12.0.